The molecule has 0 bridgehead atoms. The fourth-order valence-electron chi connectivity index (χ4n) is 1.83. The Bertz CT molecular complexity index is 644. The third-order valence-electron chi connectivity index (χ3n) is 2.81. The van der Waals surface area contributed by atoms with Crippen molar-refractivity contribution in [2.24, 2.45) is 0 Å². The lowest BCUT2D eigenvalue weighted by Crippen LogP contribution is -2.17. The first-order valence-corrected chi connectivity index (χ1v) is 7.19. The van der Waals surface area contributed by atoms with Crippen LogP contribution in [0.2, 0.25) is 5.02 Å². The zero-order valence-corrected chi connectivity index (χ0v) is 13.5. The van der Waals surface area contributed by atoms with Gasteiger partial charge in [-0.2, -0.15) is 0 Å². The molecular weight excluding hydrogens is 340 g/mol. The van der Waals surface area contributed by atoms with Gasteiger partial charge in [0.2, 0.25) is 0 Å². The van der Waals surface area contributed by atoms with Gasteiger partial charge in [0.15, 0.2) is 0 Å². The Morgan fingerprint density at radius 3 is 2.55 bits per heavy atom. The van der Waals surface area contributed by atoms with E-state index < -0.39 is 0 Å². The molecule has 0 unspecified atom stereocenters. The molecule has 1 N–H and O–H groups in total. The van der Waals surface area contributed by atoms with Crippen LogP contribution in [0.5, 0.6) is 0 Å². The van der Waals surface area contributed by atoms with Gasteiger partial charge in [-0.25, -0.2) is 0 Å². The SMILES string of the molecule is CN(C)c1ccccc1NC(=O)c1ccc(Cl)cc1Br. The van der Waals surface area contributed by atoms with Crippen LogP contribution in [-0.2, 0) is 0 Å². The van der Waals surface area contributed by atoms with E-state index in [0.717, 1.165) is 11.4 Å². The summed E-state index contributed by atoms with van der Waals surface area (Å²) in [6.45, 7) is 0. The number of halogens is 2. The average Bonchev–Trinajstić information content (AvgIpc) is 2.38. The summed E-state index contributed by atoms with van der Waals surface area (Å²) in [6.07, 6.45) is 0. The van der Waals surface area contributed by atoms with Crippen LogP contribution in [0.3, 0.4) is 0 Å². The summed E-state index contributed by atoms with van der Waals surface area (Å²) in [7, 11) is 3.87. The maximum atomic E-state index is 12.3. The fraction of sp³-hybridized carbons (Fsp3) is 0.133. The van der Waals surface area contributed by atoms with E-state index in [9.17, 15) is 4.79 Å². The average molecular weight is 354 g/mol. The molecule has 0 saturated heterocycles. The molecule has 104 valence electrons. The third kappa shape index (κ3) is 3.32. The molecule has 0 fully saturated rings. The molecule has 0 radical (unpaired) electrons. The Morgan fingerprint density at radius 2 is 1.90 bits per heavy atom. The monoisotopic (exact) mass is 352 g/mol. The van der Waals surface area contributed by atoms with Crippen LogP contribution in [-0.4, -0.2) is 20.0 Å². The number of nitrogens with zero attached hydrogens (tertiary/aromatic N) is 1. The minimum atomic E-state index is -0.178. The van der Waals surface area contributed by atoms with E-state index in [1.807, 2.05) is 43.3 Å². The Kier molecular flexibility index (Phi) is 4.68. The van der Waals surface area contributed by atoms with Gasteiger partial charge >= 0.3 is 0 Å². The Labute approximate surface area is 131 Å². The van der Waals surface area contributed by atoms with Crippen LogP contribution >= 0.6 is 27.5 Å². The molecule has 5 heteroatoms. The smallest absolute Gasteiger partial charge is 0.256 e. The van der Waals surface area contributed by atoms with Gasteiger partial charge in [-0.1, -0.05) is 23.7 Å². The summed E-state index contributed by atoms with van der Waals surface area (Å²) >= 11 is 9.23. The molecule has 0 aromatic heterocycles. The topological polar surface area (TPSA) is 32.3 Å². The number of nitrogens with one attached hydrogen (secondary N) is 1. The number of carbonyl (C=O) groups excluding carboxylic acids is 1. The van der Waals surface area contributed by atoms with Crippen molar-refractivity contribution in [2.45, 2.75) is 0 Å². The van der Waals surface area contributed by atoms with Crippen LogP contribution < -0.4 is 10.2 Å². The van der Waals surface area contributed by atoms with Crippen LogP contribution in [0.4, 0.5) is 11.4 Å². The molecule has 0 aliphatic heterocycles. The van der Waals surface area contributed by atoms with Crippen molar-refractivity contribution in [1.29, 1.82) is 0 Å². The van der Waals surface area contributed by atoms with Crippen molar-refractivity contribution >= 4 is 44.8 Å². The first-order valence-electron chi connectivity index (χ1n) is 6.02. The molecule has 0 saturated carbocycles. The highest BCUT2D eigenvalue weighted by Crippen LogP contribution is 2.26. The second-order valence-electron chi connectivity index (χ2n) is 4.49. The number of amides is 1. The Balaban J connectivity index is 2.28. The lowest BCUT2D eigenvalue weighted by atomic mass is 10.2. The number of benzene rings is 2. The highest BCUT2D eigenvalue weighted by atomic mass is 79.9. The van der Waals surface area contributed by atoms with Crippen LogP contribution in [0.25, 0.3) is 0 Å². The number of carbonyl (C=O) groups is 1. The number of anilines is 2. The lowest BCUT2D eigenvalue weighted by Gasteiger charge is -2.18. The van der Waals surface area contributed by atoms with Gasteiger partial charge in [-0.15, -0.1) is 0 Å². The number of hydrogen-bond donors (Lipinski definition) is 1. The largest absolute Gasteiger partial charge is 0.376 e. The van der Waals surface area contributed by atoms with E-state index in [2.05, 4.69) is 21.2 Å². The quantitative estimate of drug-likeness (QED) is 0.886. The molecular formula is C15H14BrClN2O. The standard InChI is InChI=1S/C15H14BrClN2O/c1-19(2)14-6-4-3-5-13(14)18-15(20)11-8-7-10(17)9-12(11)16/h3-9H,1-2H3,(H,18,20). The molecule has 0 spiro atoms. The molecule has 0 aliphatic rings. The van der Waals surface area contributed by atoms with Crippen molar-refractivity contribution in [3.8, 4) is 0 Å². The van der Waals surface area contributed by atoms with Crippen molar-refractivity contribution < 1.29 is 4.79 Å². The van der Waals surface area contributed by atoms with E-state index in [-0.39, 0.29) is 5.91 Å². The molecule has 3 nitrogen and oxygen atoms in total. The Morgan fingerprint density at radius 1 is 1.20 bits per heavy atom. The first kappa shape index (κ1) is 14.9. The highest BCUT2D eigenvalue weighted by molar-refractivity contribution is 9.10. The zero-order chi connectivity index (χ0) is 14.7. The molecule has 20 heavy (non-hydrogen) atoms. The zero-order valence-electron chi connectivity index (χ0n) is 11.2. The predicted octanol–water partition coefficient (Wildman–Crippen LogP) is 4.42. The van der Waals surface area contributed by atoms with E-state index in [1.165, 1.54) is 0 Å². The summed E-state index contributed by atoms with van der Waals surface area (Å²) in [5.41, 5.74) is 2.26. The van der Waals surface area contributed by atoms with E-state index in [4.69, 9.17) is 11.6 Å². The fourth-order valence-corrected chi connectivity index (χ4v) is 2.70. The van der Waals surface area contributed by atoms with Gasteiger partial charge in [0, 0.05) is 23.6 Å². The van der Waals surface area contributed by atoms with Crippen molar-refractivity contribution in [3.05, 3.63) is 57.5 Å². The van der Waals surface area contributed by atoms with Gasteiger partial charge in [0.25, 0.3) is 5.91 Å². The minimum Gasteiger partial charge on any atom is -0.376 e. The number of para-hydroxylation sites is 2. The van der Waals surface area contributed by atoms with Gasteiger partial charge in [-0.3, -0.25) is 4.79 Å². The van der Waals surface area contributed by atoms with E-state index >= 15 is 0 Å². The molecule has 2 rings (SSSR count). The first-order chi connectivity index (χ1) is 9.49. The van der Waals surface area contributed by atoms with Gasteiger partial charge in [0.1, 0.15) is 0 Å². The number of hydrogen-bond acceptors (Lipinski definition) is 2. The van der Waals surface area contributed by atoms with Crippen molar-refractivity contribution in [1.82, 2.24) is 0 Å². The van der Waals surface area contributed by atoms with Gasteiger partial charge < -0.3 is 10.2 Å². The normalized spacial score (nSPS) is 10.2. The third-order valence-corrected chi connectivity index (χ3v) is 3.70. The second-order valence-corrected chi connectivity index (χ2v) is 5.78. The minimum absolute atomic E-state index is 0.178. The summed E-state index contributed by atoms with van der Waals surface area (Å²) in [6, 6.07) is 12.7. The van der Waals surface area contributed by atoms with Crippen LogP contribution in [0, 0.1) is 0 Å². The van der Waals surface area contributed by atoms with Gasteiger partial charge in [0.05, 0.1) is 16.9 Å². The van der Waals surface area contributed by atoms with E-state index in [1.54, 1.807) is 18.2 Å². The molecule has 0 atom stereocenters. The molecule has 2 aromatic rings. The summed E-state index contributed by atoms with van der Waals surface area (Å²) in [5, 5.41) is 3.50. The van der Waals surface area contributed by atoms with E-state index in [0.29, 0.717) is 15.1 Å². The second kappa shape index (κ2) is 6.29. The molecule has 0 aliphatic carbocycles. The lowest BCUT2D eigenvalue weighted by molar-refractivity contribution is 0.102. The van der Waals surface area contributed by atoms with Gasteiger partial charge in [-0.05, 0) is 46.3 Å². The van der Waals surface area contributed by atoms with Crippen molar-refractivity contribution in [3.63, 3.8) is 0 Å². The highest BCUT2D eigenvalue weighted by Gasteiger charge is 2.13. The van der Waals surface area contributed by atoms with Crippen molar-refractivity contribution in [2.75, 3.05) is 24.3 Å². The maximum Gasteiger partial charge on any atom is 0.256 e. The molecule has 1 amide bonds. The summed E-state index contributed by atoms with van der Waals surface area (Å²) in [5.74, 6) is -0.178. The predicted molar refractivity (Wildman–Crippen MR) is 87.9 cm³/mol. The maximum absolute atomic E-state index is 12.3. The summed E-state index contributed by atoms with van der Waals surface area (Å²) < 4.78 is 0.671. The Hall–Kier alpha value is -1.52. The van der Waals surface area contributed by atoms with Crippen LogP contribution in [0.15, 0.2) is 46.9 Å². The number of rotatable bonds is 3. The molecule has 0 heterocycles. The molecule has 2 aromatic carbocycles. The summed E-state index contributed by atoms with van der Waals surface area (Å²) in [4.78, 5) is 14.3. The van der Waals surface area contributed by atoms with Crippen LogP contribution in [0.1, 0.15) is 10.4 Å².